The molecular formula is C15H17BrN2. The van der Waals surface area contributed by atoms with Gasteiger partial charge in [0.25, 0.3) is 0 Å². The van der Waals surface area contributed by atoms with Crippen molar-refractivity contribution >= 4 is 33.0 Å². The van der Waals surface area contributed by atoms with Gasteiger partial charge in [-0.1, -0.05) is 22.9 Å². The van der Waals surface area contributed by atoms with Crippen LogP contribution in [0, 0.1) is 6.92 Å². The Morgan fingerprint density at radius 2 is 1.83 bits per heavy atom. The van der Waals surface area contributed by atoms with E-state index in [1.165, 1.54) is 5.56 Å². The van der Waals surface area contributed by atoms with E-state index in [2.05, 4.69) is 47.2 Å². The minimum atomic E-state index is 0.796. The first-order chi connectivity index (χ1) is 8.60. The van der Waals surface area contributed by atoms with Crippen LogP contribution < -0.4 is 11.1 Å². The fourth-order valence-electron chi connectivity index (χ4n) is 1.95. The second-order valence-corrected chi connectivity index (χ2v) is 5.27. The van der Waals surface area contributed by atoms with Crippen molar-refractivity contribution in [3.05, 3.63) is 52.0 Å². The monoisotopic (exact) mass is 304 g/mol. The molecule has 0 radical (unpaired) electrons. The normalized spacial score (nSPS) is 10.4. The second kappa shape index (κ2) is 5.44. The van der Waals surface area contributed by atoms with E-state index in [1.54, 1.807) is 0 Å². The maximum absolute atomic E-state index is 5.76. The van der Waals surface area contributed by atoms with Gasteiger partial charge in [0.2, 0.25) is 0 Å². The highest BCUT2D eigenvalue weighted by atomic mass is 79.9. The number of hydrogen-bond acceptors (Lipinski definition) is 2. The zero-order valence-electron chi connectivity index (χ0n) is 10.6. The Labute approximate surface area is 116 Å². The molecule has 0 unspecified atom stereocenters. The van der Waals surface area contributed by atoms with E-state index in [-0.39, 0.29) is 0 Å². The number of rotatable bonds is 3. The summed E-state index contributed by atoms with van der Waals surface area (Å²) in [6.07, 6.45) is 0.996. The SMILES string of the molecule is CCc1cc(Br)ccc1Nc1ccc(N)cc1C. The summed E-state index contributed by atoms with van der Waals surface area (Å²) in [5.41, 5.74) is 11.2. The zero-order chi connectivity index (χ0) is 13.1. The van der Waals surface area contributed by atoms with Crippen molar-refractivity contribution < 1.29 is 0 Å². The van der Waals surface area contributed by atoms with E-state index in [4.69, 9.17) is 5.73 Å². The average Bonchev–Trinajstić information content (AvgIpc) is 2.34. The second-order valence-electron chi connectivity index (χ2n) is 4.35. The summed E-state index contributed by atoms with van der Waals surface area (Å²) < 4.78 is 1.11. The summed E-state index contributed by atoms with van der Waals surface area (Å²) in [7, 11) is 0. The molecule has 0 aliphatic rings. The lowest BCUT2D eigenvalue weighted by Gasteiger charge is -2.14. The Kier molecular flexibility index (Phi) is 3.92. The predicted molar refractivity (Wildman–Crippen MR) is 82.4 cm³/mol. The minimum Gasteiger partial charge on any atom is -0.399 e. The highest BCUT2D eigenvalue weighted by Gasteiger charge is 2.04. The molecule has 2 rings (SSSR count). The number of nitrogen functional groups attached to an aromatic ring is 1. The lowest BCUT2D eigenvalue weighted by atomic mass is 10.1. The largest absolute Gasteiger partial charge is 0.399 e. The molecule has 0 bridgehead atoms. The summed E-state index contributed by atoms with van der Waals surface area (Å²) in [5.74, 6) is 0. The van der Waals surface area contributed by atoms with Crippen molar-refractivity contribution in [1.82, 2.24) is 0 Å². The molecule has 0 aromatic heterocycles. The van der Waals surface area contributed by atoms with Crippen LogP contribution in [0.5, 0.6) is 0 Å². The molecule has 0 aliphatic carbocycles. The van der Waals surface area contributed by atoms with Crippen molar-refractivity contribution in [3.63, 3.8) is 0 Å². The summed E-state index contributed by atoms with van der Waals surface area (Å²) in [6, 6.07) is 12.2. The first-order valence-electron chi connectivity index (χ1n) is 6.01. The number of anilines is 3. The molecule has 2 nitrogen and oxygen atoms in total. The third-order valence-electron chi connectivity index (χ3n) is 2.97. The molecule has 0 aliphatic heterocycles. The molecule has 3 N–H and O–H groups in total. The van der Waals surface area contributed by atoms with Crippen LogP contribution in [0.15, 0.2) is 40.9 Å². The van der Waals surface area contributed by atoms with Crippen molar-refractivity contribution in [3.8, 4) is 0 Å². The average molecular weight is 305 g/mol. The molecular weight excluding hydrogens is 288 g/mol. The van der Waals surface area contributed by atoms with Crippen LogP contribution in [0.1, 0.15) is 18.1 Å². The fraction of sp³-hybridized carbons (Fsp3) is 0.200. The molecule has 94 valence electrons. The molecule has 2 aromatic rings. The van der Waals surface area contributed by atoms with E-state index in [9.17, 15) is 0 Å². The molecule has 0 saturated carbocycles. The van der Waals surface area contributed by atoms with Crippen LogP contribution in [0.2, 0.25) is 0 Å². The standard InChI is InChI=1S/C15H17BrN2/c1-3-11-9-12(16)4-6-15(11)18-14-7-5-13(17)8-10(14)2/h4-9,18H,3,17H2,1-2H3. The lowest BCUT2D eigenvalue weighted by molar-refractivity contribution is 1.14. The first kappa shape index (κ1) is 13.0. The van der Waals surface area contributed by atoms with Crippen molar-refractivity contribution in [2.75, 3.05) is 11.1 Å². The van der Waals surface area contributed by atoms with Crippen LogP contribution in [-0.2, 0) is 6.42 Å². The van der Waals surface area contributed by atoms with Crippen LogP contribution >= 0.6 is 15.9 Å². The number of halogens is 1. The van der Waals surface area contributed by atoms with Crippen LogP contribution in [0.25, 0.3) is 0 Å². The molecule has 18 heavy (non-hydrogen) atoms. The summed E-state index contributed by atoms with van der Waals surface area (Å²) >= 11 is 3.50. The topological polar surface area (TPSA) is 38.0 Å². The van der Waals surface area contributed by atoms with Crippen LogP contribution in [0.3, 0.4) is 0 Å². The molecule has 3 heteroatoms. The molecule has 0 fully saturated rings. The number of nitrogens with one attached hydrogen (secondary N) is 1. The number of aryl methyl sites for hydroxylation is 2. The predicted octanol–water partition coefficient (Wildman–Crippen LogP) is 4.65. The molecule has 0 saturated heterocycles. The lowest BCUT2D eigenvalue weighted by Crippen LogP contribution is -1.98. The number of benzene rings is 2. The Hall–Kier alpha value is -1.48. The quantitative estimate of drug-likeness (QED) is 0.810. The van der Waals surface area contributed by atoms with Gasteiger partial charge in [-0.05, 0) is 60.9 Å². The van der Waals surface area contributed by atoms with Gasteiger partial charge in [0.1, 0.15) is 0 Å². The molecule has 2 aromatic carbocycles. The van der Waals surface area contributed by atoms with E-state index >= 15 is 0 Å². The Bertz CT molecular complexity index is 564. The minimum absolute atomic E-state index is 0.796. The van der Waals surface area contributed by atoms with Crippen LogP contribution in [0.4, 0.5) is 17.1 Å². The fourth-order valence-corrected chi connectivity index (χ4v) is 2.36. The number of hydrogen-bond donors (Lipinski definition) is 2. The van der Waals surface area contributed by atoms with Crippen LogP contribution in [-0.4, -0.2) is 0 Å². The van der Waals surface area contributed by atoms with E-state index in [1.807, 2.05) is 24.3 Å². The third kappa shape index (κ3) is 2.85. The maximum atomic E-state index is 5.76. The van der Waals surface area contributed by atoms with Gasteiger partial charge in [-0.25, -0.2) is 0 Å². The van der Waals surface area contributed by atoms with Crippen molar-refractivity contribution in [1.29, 1.82) is 0 Å². The molecule has 0 spiro atoms. The maximum Gasteiger partial charge on any atom is 0.0417 e. The number of nitrogens with two attached hydrogens (primary N) is 1. The third-order valence-corrected chi connectivity index (χ3v) is 3.46. The summed E-state index contributed by atoms with van der Waals surface area (Å²) in [5, 5.41) is 3.47. The van der Waals surface area contributed by atoms with Gasteiger partial charge >= 0.3 is 0 Å². The smallest absolute Gasteiger partial charge is 0.0417 e. The van der Waals surface area contributed by atoms with Gasteiger partial charge in [0.05, 0.1) is 0 Å². The van der Waals surface area contributed by atoms with Gasteiger partial charge in [-0.3, -0.25) is 0 Å². The Balaban J connectivity index is 2.33. The highest BCUT2D eigenvalue weighted by molar-refractivity contribution is 9.10. The zero-order valence-corrected chi connectivity index (χ0v) is 12.2. The first-order valence-corrected chi connectivity index (χ1v) is 6.81. The van der Waals surface area contributed by atoms with Crippen molar-refractivity contribution in [2.45, 2.75) is 20.3 Å². The van der Waals surface area contributed by atoms with Gasteiger partial charge in [-0.15, -0.1) is 0 Å². The van der Waals surface area contributed by atoms with Gasteiger partial charge < -0.3 is 11.1 Å². The van der Waals surface area contributed by atoms with Crippen molar-refractivity contribution in [2.24, 2.45) is 0 Å². The summed E-state index contributed by atoms with van der Waals surface area (Å²) in [4.78, 5) is 0. The molecule has 0 heterocycles. The van der Waals surface area contributed by atoms with Gasteiger partial charge in [0.15, 0.2) is 0 Å². The highest BCUT2D eigenvalue weighted by Crippen LogP contribution is 2.27. The van der Waals surface area contributed by atoms with Gasteiger partial charge in [-0.2, -0.15) is 0 Å². The molecule has 0 atom stereocenters. The van der Waals surface area contributed by atoms with E-state index < -0.39 is 0 Å². The van der Waals surface area contributed by atoms with Gasteiger partial charge in [0, 0.05) is 21.5 Å². The Morgan fingerprint density at radius 1 is 1.11 bits per heavy atom. The van der Waals surface area contributed by atoms with E-state index in [0.717, 1.165) is 33.5 Å². The summed E-state index contributed by atoms with van der Waals surface area (Å²) in [6.45, 7) is 4.21. The molecule has 0 amide bonds. The van der Waals surface area contributed by atoms with E-state index in [0.29, 0.717) is 0 Å². The Morgan fingerprint density at radius 3 is 2.50 bits per heavy atom.